The topological polar surface area (TPSA) is 64.3 Å². The zero-order valence-electron chi connectivity index (χ0n) is 12.4. The Kier molecular flexibility index (Phi) is 3.64. The standard InChI is InChI=1S/C16H20N4O/c1-20(10-11-3-7-13(21-2)8-4-11)15-9-14(17)18-16(19-15)12-5-6-12/h3-4,7-9,12H,5-6,10H2,1-2H3,(H2,17,18,19). The van der Waals surface area contributed by atoms with Gasteiger partial charge in [0.2, 0.25) is 0 Å². The van der Waals surface area contributed by atoms with Crippen LogP contribution >= 0.6 is 0 Å². The maximum Gasteiger partial charge on any atom is 0.136 e. The van der Waals surface area contributed by atoms with Gasteiger partial charge >= 0.3 is 0 Å². The first-order chi connectivity index (χ1) is 10.2. The molecule has 21 heavy (non-hydrogen) atoms. The van der Waals surface area contributed by atoms with Crippen LogP contribution < -0.4 is 15.4 Å². The number of rotatable bonds is 5. The molecule has 1 saturated carbocycles. The van der Waals surface area contributed by atoms with Crippen molar-refractivity contribution >= 4 is 11.6 Å². The normalized spacial score (nSPS) is 14.0. The fourth-order valence-electron chi connectivity index (χ4n) is 2.28. The number of aromatic nitrogens is 2. The number of methoxy groups -OCH3 is 1. The number of nitrogen functional groups attached to an aromatic ring is 1. The van der Waals surface area contributed by atoms with Crippen molar-refractivity contribution in [2.45, 2.75) is 25.3 Å². The number of hydrogen-bond acceptors (Lipinski definition) is 5. The average molecular weight is 284 g/mol. The van der Waals surface area contributed by atoms with Gasteiger partial charge in [-0.3, -0.25) is 0 Å². The second-order valence-electron chi connectivity index (χ2n) is 5.49. The first-order valence-corrected chi connectivity index (χ1v) is 7.14. The molecule has 0 unspecified atom stereocenters. The molecular weight excluding hydrogens is 264 g/mol. The molecule has 0 saturated heterocycles. The van der Waals surface area contributed by atoms with E-state index in [-0.39, 0.29) is 0 Å². The number of ether oxygens (including phenoxy) is 1. The largest absolute Gasteiger partial charge is 0.497 e. The molecule has 110 valence electrons. The molecule has 1 fully saturated rings. The lowest BCUT2D eigenvalue weighted by atomic mass is 10.2. The number of hydrogen-bond donors (Lipinski definition) is 1. The Labute approximate surface area is 124 Å². The van der Waals surface area contributed by atoms with Gasteiger partial charge < -0.3 is 15.4 Å². The zero-order chi connectivity index (χ0) is 14.8. The minimum Gasteiger partial charge on any atom is -0.497 e. The van der Waals surface area contributed by atoms with E-state index in [1.807, 2.05) is 25.2 Å². The van der Waals surface area contributed by atoms with Crippen LogP contribution in [-0.4, -0.2) is 24.1 Å². The second kappa shape index (κ2) is 5.60. The summed E-state index contributed by atoms with van der Waals surface area (Å²) in [5.41, 5.74) is 7.10. The van der Waals surface area contributed by atoms with Crippen LogP contribution in [0.5, 0.6) is 5.75 Å². The first-order valence-electron chi connectivity index (χ1n) is 7.14. The Morgan fingerprint density at radius 2 is 1.95 bits per heavy atom. The van der Waals surface area contributed by atoms with Crippen LogP contribution in [0.1, 0.15) is 30.1 Å². The lowest BCUT2D eigenvalue weighted by Crippen LogP contribution is -2.19. The molecule has 1 aliphatic carbocycles. The van der Waals surface area contributed by atoms with Gasteiger partial charge in [-0.25, -0.2) is 9.97 Å². The van der Waals surface area contributed by atoms with Gasteiger partial charge in [-0.2, -0.15) is 0 Å². The van der Waals surface area contributed by atoms with Crippen LogP contribution in [0, 0.1) is 0 Å². The van der Waals surface area contributed by atoms with Gasteiger partial charge in [0, 0.05) is 25.6 Å². The highest BCUT2D eigenvalue weighted by Crippen LogP contribution is 2.38. The van der Waals surface area contributed by atoms with Gasteiger partial charge in [0.25, 0.3) is 0 Å². The van der Waals surface area contributed by atoms with Crippen molar-refractivity contribution < 1.29 is 4.74 Å². The van der Waals surface area contributed by atoms with E-state index in [1.165, 1.54) is 18.4 Å². The predicted octanol–water partition coefficient (Wildman–Crippen LogP) is 2.58. The molecule has 0 amide bonds. The highest BCUT2D eigenvalue weighted by molar-refractivity contribution is 5.47. The van der Waals surface area contributed by atoms with E-state index >= 15 is 0 Å². The van der Waals surface area contributed by atoms with Gasteiger partial charge in [-0.1, -0.05) is 12.1 Å². The van der Waals surface area contributed by atoms with E-state index in [2.05, 4.69) is 27.0 Å². The maximum atomic E-state index is 5.90. The predicted molar refractivity (Wildman–Crippen MR) is 83.5 cm³/mol. The summed E-state index contributed by atoms with van der Waals surface area (Å²) in [5.74, 6) is 3.67. The molecule has 0 radical (unpaired) electrons. The number of nitrogens with zero attached hydrogens (tertiary/aromatic N) is 3. The lowest BCUT2D eigenvalue weighted by Gasteiger charge is -2.19. The number of anilines is 2. The fraction of sp³-hybridized carbons (Fsp3) is 0.375. The van der Waals surface area contributed by atoms with Crippen molar-refractivity contribution in [1.82, 2.24) is 9.97 Å². The van der Waals surface area contributed by atoms with Gasteiger partial charge in [-0.05, 0) is 30.5 Å². The third-order valence-electron chi connectivity index (χ3n) is 3.66. The first kappa shape index (κ1) is 13.7. The van der Waals surface area contributed by atoms with Gasteiger partial charge in [0.1, 0.15) is 23.2 Å². The fourth-order valence-corrected chi connectivity index (χ4v) is 2.28. The molecule has 1 heterocycles. The summed E-state index contributed by atoms with van der Waals surface area (Å²) in [4.78, 5) is 11.1. The maximum absolute atomic E-state index is 5.90. The SMILES string of the molecule is COc1ccc(CN(C)c2cc(N)nc(C3CC3)n2)cc1. The van der Waals surface area contributed by atoms with E-state index in [9.17, 15) is 0 Å². The number of nitrogens with two attached hydrogens (primary N) is 1. The van der Waals surface area contributed by atoms with Crippen molar-refractivity contribution in [1.29, 1.82) is 0 Å². The van der Waals surface area contributed by atoms with Gasteiger partial charge in [0.05, 0.1) is 7.11 Å². The van der Waals surface area contributed by atoms with E-state index in [4.69, 9.17) is 10.5 Å². The monoisotopic (exact) mass is 284 g/mol. The molecule has 1 aromatic carbocycles. The molecule has 2 N–H and O–H groups in total. The minimum atomic E-state index is 0.502. The number of benzene rings is 1. The molecule has 0 bridgehead atoms. The highest BCUT2D eigenvalue weighted by atomic mass is 16.5. The molecule has 0 aliphatic heterocycles. The Morgan fingerprint density at radius 1 is 1.24 bits per heavy atom. The van der Waals surface area contributed by atoms with E-state index in [0.717, 1.165) is 23.9 Å². The van der Waals surface area contributed by atoms with Crippen LogP contribution in [0.4, 0.5) is 11.6 Å². The molecule has 1 aromatic heterocycles. The van der Waals surface area contributed by atoms with Crippen molar-refractivity contribution in [2.75, 3.05) is 24.8 Å². The van der Waals surface area contributed by atoms with Crippen LogP contribution in [0.3, 0.4) is 0 Å². The summed E-state index contributed by atoms with van der Waals surface area (Å²) in [6, 6.07) is 9.87. The second-order valence-corrected chi connectivity index (χ2v) is 5.49. The summed E-state index contributed by atoms with van der Waals surface area (Å²) in [6.07, 6.45) is 2.34. The van der Waals surface area contributed by atoms with Crippen molar-refractivity contribution in [3.05, 3.63) is 41.7 Å². The quantitative estimate of drug-likeness (QED) is 0.914. The Hall–Kier alpha value is -2.30. The summed E-state index contributed by atoms with van der Waals surface area (Å²) in [5, 5.41) is 0. The molecular formula is C16H20N4O. The van der Waals surface area contributed by atoms with E-state index in [0.29, 0.717) is 11.7 Å². The van der Waals surface area contributed by atoms with Crippen LogP contribution in [0.15, 0.2) is 30.3 Å². The summed E-state index contributed by atoms with van der Waals surface area (Å²) in [6.45, 7) is 0.768. The molecule has 5 heteroatoms. The molecule has 2 aromatic rings. The molecule has 1 aliphatic rings. The van der Waals surface area contributed by atoms with Crippen molar-refractivity contribution in [3.63, 3.8) is 0 Å². The summed E-state index contributed by atoms with van der Waals surface area (Å²) < 4.78 is 5.17. The highest BCUT2D eigenvalue weighted by Gasteiger charge is 2.27. The third-order valence-corrected chi connectivity index (χ3v) is 3.66. The zero-order valence-corrected chi connectivity index (χ0v) is 12.4. The van der Waals surface area contributed by atoms with Gasteiger partial charge in [0.15, 0.2) is 0 Å². The van der Waals surface area contributed by atoms with Gasteiger partial charge in [-0.15, -0.1) is 0 Å². The average Bonchev–Trinajstić information content (AvgIpc) is 3.32. The Balaban J connectivity index is 1.76. The van der Waals surface area contributed by atoms with E-state index < -0.39 is 0 Å². The lowest BCUT2D eigenvalue weighted by molar-refractivity contribution is 0.414. The smallest absolute Gasteiger partial charge is 0.136 e. The molecule has 3 rings (SSSR count). The van der Waals surface area contributed by atoms with Crippen LogP contribution in [-0.2, 0) is 6.54 Å². The third kappa shape index (κ3) is 3.24. The molecule has 5 nitrogen and oxygen atoms in total. The Bertz CT molecular complexity index is 623. The molecule has 0 atom stereocenters. The molecule has 0 spiro atoms. The van der Waals surface area contributed by atoms with Crippen molar-refractivity contribution in [2.24, 2.45) is 0 Å². The van der Waals surface area contributed by atoms with Crippen molar-refractivity contribution in [3.8, 4) is 5.75 Å². The summed E-state index contributed by atoms with van der Waals surface area (Å²) >= 11 is 0. The summed E-state index contributed by atoms with van der Waals surface area (Å²) in [7, 11) is 3.69. The van der Waals surface area contributed by atoms with Crippen LogP contribution in [0.25, 0.3) is 0 Å². The minimum absolute atomic E-state index is 0.502. The Morgan fingerprint density at radius 3 is 2.57 bits per heavy atom. The van der Waals surface area contributed by atoms with E-state index in [1.54, 1.807) is 7.11 Å². The van der Waals surface area contributed by atoms with Crippen LogP contribution in [0.2, 0.25) is 0 Å².